The average molecular weight is 367 g/mol. The highest BCUT2D eigenvalue weighted by molar-refractivity contribution is 8.01. The topological polar surface area (TPSA) is 58.6 Å². The van der Waals surface area contributed by atoms with Crippen molar-refractivity contribution in [3.63, 3.8) is 0 Å². The number of hydrogen-bond donors (Lipinski definition) is 1. The number of hydrogen-bond acceptors (Lipinski definition) is 5. The molecule has 0 spiro atoms. The van der Waals surface area contributed by atoms with Crippen LogP contribution < -0.4 is 5.32 Å². The van der Waals surface area contributed by atoms with Gasteiger partial charge in [-0.3, -0.25) is 14.5 Å². The third-order valence-corrected chi connectivity index (χ3v) is 8.40. The third kappa shape index (κ3) is 3.57. The first-order chi connectivity index (χ1) is 12.0. The Labute approximate surface area is 154 Å². The second-order valence-electron chi connectivity index (χ2n) is 8.87. The Balaban J connectivity index is 1.27. The molecule has 4 bridgehead atoms. The first kappa shape index (κ1) is 17.7. The van der Waals surface area contributed by atoms with Crippen molar-refractivity contribution in [2.24, 2.45) is 17.8 Å². The van der Waals surface area contributed by atoms with Gasteiger partial charge in [0.05, 0.1) is 12.9 Å². The van der Waals surface area contributed by atoms with E-state index in [4.69, 9.17) is 4.74 Å². The largest absolute Gasteiger partial charge is 0.468 e. The zero-order valence-electron chi connectivity index (χ0n) is 15.3. The monoisotopic (exact) mass is 366 g/mol. The zero-order chi connectivity index (χ0) is 17.6. The molecule has 4 aliphatic carbocycles. The van der Waals surface area contributed by atoms with Gasteiger partial charge in [0.25, 0.3) is 0 Å². The standard InChI is InChI=1S/C19H30N2O3S/c1-21-10-15(6-16(21)18(23)24-2)20-17(22)11-25-19-7-12-3-13(8-19)5-14(4-12)9-19/h12-16H,3-11H2,1-2H3,(H,20,22)/t12?,13?,14?,15-,16-,19?/m0/s1. The van der Waals surface area contributed by atoms with Crippen LogP contribution >= 0.6 is 11.8 Å². The molecule has 140 valence electrons. The van der Waals surface area contributed by atoms with Gasteiger partial charge in [0.2, 0.25) is 5.91 Å². The molecule has 5 rings (SSSR count). The number of nitrogens with zero attached hydrogens (tertiary/aromatic N) is 1. The van der Waals surface area contributed by atoms with Gasteiger partial charge in [0, 0.05) is 17.3 Å². The van der Waals surface area contributed by atoms with Gasteiger partial charge in [-0.05, 0) is 69.7 Å². The van der Waals surface area contributed by atoms with Gasteiger partial charge in [-0.1, -0.05) is 0 Å². The van der Waals surface area contributed by atoms with Gasteiger partial charge in [0.1, 0.15) is 6.04 Å². The molecule has 25 heavy (non-hydrogen) atoms. The third-order valence-electron chi connectivity index (χ3n) is 6.88. The fraction of sp³-hybridized carbons (Fsp3) is 0.895. The van der Waals surface area contributed by atoms with Crippen molar-refractivity contribution in [1.82, 2.24) is 10.2 Å². The Morgan fingerprint density at radius 2 is 1.72 bits per heavy atom. The average Bonchev–Trinajstić information content (AvgIpc) is 2.91. The van der Waals surface area contributed by atoms with Crippen molar-refractivity contribution in [3.8, 4) is 0 Å². The minimum Gasteiger partial charge on any atom is -0.468 e. The Morgan fingerprint density at radius 3 is 2.28 bits per heavy atom. The van der Waals surface area contributed by atoms with E-state index < -0.39 is 0 Å². The number of amides is 1. The van der Waals surface area contributed by atoms with Crippen LogP contribution in [0.5, 0.6) is 0 Å². The smallest absolute Gasteiger partial charge is 0.323 e. The van der Waals surface area contributed by atoms with Crippen LogP contribution in [0.3, 0.4) is 0 Å². The van der Waals surface area contributed by atoms with E-state index in [1.54, 1.807) is 0 Å². The van der Waals surface area contributed by atoms with Crippen molar-refractivity contribution in [2.75, 3.05) is 26.5 Å². The number of carbonyl (C=O) groups is 2. The van der Waals surface area contributed by atoms with Crippen molar-refractivity contribution in [3.05, 3.63) is 0 Å². The lowest BCUT2D eigenvalue weighted by molar-refractivity contribution is -0.145. The van der Waals surface area contributed by atoms with Crippen LogP contribution in [0.4, 0.5) is 0 Å². The zero-order valence-corrected chi connectivity index (χ0v) is 16.1. The molecule has 1 amide bonds. The number of esters is 1. The van der Waals surface area contributed by atoms with Crippen LogP contribution in [0.25, 0.3) is 0 Å². The fourth-order valence-electron chi connectivity index (χ4n) is 6.21. The highest BCUT2D eigenvalue weighted by Gasteiger charge is 2.51. The normalized spacial score (nSPS) is 42.6. The van der Waals surface area contributed by atoms with Crippen molar-refractivity contribution in [1.29, 1.82) is 0 Å². The molecule has 0 unspecified atom stereocenters. The molecule has 1 aliphatic heterocycles. The maximum atomic E-state index is 12.5. The summed E-state index contributed by atoms with van der Waals surface area (Å²) in [5.74, 6) is 3.25. The summed E-state index contributed by atoms with van der Waals surface area (Å²) in [7, 11) is 3.34. The molecule has 1 saturated heterocycles. The maximum Gasteiger partial charge on any atom is 0.323 e. The maximum absolute atomic E-state index is 12.5. The number of methoxy groups -OCH3 is 1. The number of rotatable bonds is 5. The second kappa shape index (κ2) is 6.76. The molecular weight excluding hydrogens is 336 g/mol. The molecule has 0 aromatic heterocycles. The molecule has 6 heteroatoms. The Bertz CT molecular complexity index is 518. The van der Waals surface area contributed by atoms with E-state index in [1.165, 1.54) is 45.6 Å². The number of likely N-dealkylation sites (N-methyl/N-ethyl adjacent to an activating group) is 1. The minimum atomic E-state index is -0.230. The molecule has 5 fully saturated rings. The second-order valence-corrected chi connectivity index (χ2v) is 10.3. The van der Waals surface area contributed by atoms with Crippen LogP contribution in [-0.2, 0) is 14.3 Å². The van der Waals surface area contributed by atoms with E-state index in [0.29, 0.717) is 23.5 Å². The molecular formula is C19H30N2O3S. The Kier molecular flexibility index (Phi) is 4.78. The van der Waals surface area contributed by atoms with Gasteiger partial charge in [-0.15, -0.1) is 11.8 Å². The summed E-state index contributed by atoms with van der Waals surface area (Å²) in [6.07, 6.45) is 8.95. The predicted octanol–water partition coefficient (Wildman–Crippen LogP) is 2.05. The van der Waals surface area contributed by atoms with E-state index in [1.807, 2.05) is 23.7 Å². The van der Waals surface area contributed by atoms with Crippen LogP contribution in [0, 0.1) is 17.8 Å². The summed E-state index contributed by atoms with van der Waals surface area (Å²) in [5, 5.41) is 3.14. The highest BCUT2D eigenvalue weighted by Crippen LogP contribution is 2.60. The van der Waals surface area contributed by atoms with Crippen molar-refractivity contribution < 1.29 is 14.3 Å². The molecule has 5 aliphatic rings. The molecule has 1 N–H and O–H groups in total. The molecule has 0 radical (unpaired) electrons. The highest BCUT2D eigenvalue weighted by atomic mass is 32.2. The van der Waals surface area contributed by atoms with Crippen molar-refractivity contribution in [2.45, 2.75) is 61.8 Å². The summed E-state index contributed by atoms with van der Waals surface area (Å²) < 4.78 is 5.23. The first-order valence-electron chi connectivity index (χ1n) is 9.68. The quantitative estimate of drug-likeness (QED) is 0.755. The molecule has 0 aromatic rings. The number of ether oxygens (including phenoxy) is 1. The predicted molar refractivity (Wildman–Crippen MR) is 98.3 cm³/mol. The number of carbonyl (C=O) groups excluding carboxylic acids is 2. The number of nitrogens with one attached hydrogen (secondary N) is 1. The SMILES string of the molecule is COC(=O)[C@@H]1C[C@H](NC(=O)CSC23CC4CC(CC(C4)C2)C3)CN1C. The van der Waals surface area contributed by atoms with Gasteiger partial charge < -0.3 is 10.1 Å². The van der Waals surface area contributed by atoms with E-state index in [0.717, 1.165) is 17.8 Å². The lowest BCUT2D eigenvalue weighted by Gasteiger charge is -2.56. The first-order valence-corrected chi connectivity index (χ1v) is 10.7. The lowest BCUT2D eigenvalue weighted by atomic mass is 9.56. The van der Waals surface area contributed by atoms with E-state index in [9.17, 15) is 9.59 Å². The van der Waals surface area contributed by atoms with Crippen LogP contribution in [0.15, 0.2) is 0 Å². The molecule has 2 atom stereocenters. The van der Waals surface area contributed by atoms with E-state index >= 15 is 0 Å². The van der Waals surface area contributed by atoms with Crippen LogP contribution in [0.1, 0.15) is 44.9 Å². The fourth-order valence-corrected chi connectivity index (χ4v) is 7.79. The van der Waals surface area contributed by atoms with Crippen LogP contribution in [-0.4, -0.2) is 60.1 Å². The summed E-state index contributed by atoms with van der Waals surface area (Å²) in [4.78, 5) is 26.2. The molecule has 5 nitrogen and oxygen atoms in total. The molecule has 0 aromatic carbocycles. The van der Waals surface area contributed by atoms with E-state index in [2.05, 4.69) is 5.32 Å². The van der Waals surface area contributed by atoms with Crippen molar-refractivity contribution >= 4 is 23.6 Å². The van der Waals surface area contributed by atoms with Crippen LogP contribution in [0.2, 0.25) is 0 Å². The van der Waals surface area contributed by atoms with Gasteiger partial charge in [-0.25, -0.2) is 0 Å². The summed E-state index contributed by atoms with van der Waals surface area (Å²) >= 11 is 1.92. The Hall–Kier alpha value is -0.750. The number of thioether (sulfide) groups is 1. The summed E-state index contributed by atoms with van der Waals surface area (Å²) in [5.41, 5.74) is 0. The summed E-state index contributed by atoms with van der Waals surface area (Å²) in [6.45, 7) is 0.716. The van der Waals surface area contributed by atoms with Gasteiger partial charge in [0.15, 0.2) is 0 Å². The lowest BCUT2D eigenvalue weighted by Crippen LogP contribution is -2.49. The van der Waals surface area contributed by atoms with Gasteiger partial charge >= 0.3 is 5.97 Å². The molecule has 4 saturated carbocycles. The Morgan fingerprint density at radius 1 is 1.12 bits per heavy atom. The minimum absolute atomic E-state index is 0.0542. The molecule has 1 heterocycles. The van der Waals surface area contributed by atoms with E-state index in [-0.39, 0.29) is 24.0 Å². The summed E-state index contributed by atoms with van der Waals surface area (Å²) in [6, 6.07) is -0.176. The van der Waals surface area contributed by atoms with Gasteiger partial charge in [-0.2, -0.15) is 0 Å². The number of likely N-dealkylation sites (tertiary alicyclic amines) is 1.